The zero-order chi connectivity index (χ0) is 49.2. The molecular weight excluding hydrogens is 824 g/mol. The number of aryl methyl sites for hydroxylation is 8. The van der Waals surface area contributed by atoms with E-state index in [1.54, 1.807) is 19.1 Å². The van der Waals surface area contributed by atoms with Crippen molar-refractivity contribution < 1.29 is 4.39 Å². The fourth-order valence-corrected chi connectivity index (χ4v) is 8.69. The van der Waals surface area contributed by atoms with Gasteiger partial charge in [-0.15, -0.1) is 0 Å². The molecule has 1 aliphatic carbocycles. The summed E-state index contributed by atoms with van der Waals surface area (Å²) in [5.74, 6) is -0.147. The molecule has 0 fully saturated rings. The average Bonchev–Trinajstić information content (AvgIpc) is 3.59. The van der Waals surface area contributed by atoms with Gasteiger partial charge < -0.3 is 0 Å². The van der Waals surface area contributed by atoms with Crippen LogP contribution in [0.4, 0.5) is 4.39 Å². The van der Waals surface area contributed by atoms with Gasteiger partial charge in [0, 0.05) is 5.41 Å². The lowest BCUT2D eigenvalue weighted by molar-refractivity contribution is 0.619. The van der Waals surface area contributed by atoms with Crippen molar-refractivity contribution in [1.82, 2.24) is 0 Å². The Morgan fingerprint density at radius 2 is 0.926 bits per heavy atom. The highest BCUT2D eigenvalue weighted by molar-refractivity contribution is 6.03. The van der Waals surface area contributed by atoms with Crippen LogP contribution in [0.2, 0.25) is 0 Å². The Hall–Kier alpha value is -6.83. The van der Waals surface area contributed by atoms with Gasteiger partial charge in [0.2, 0.25) is 0 Å². The van der Waals surface area contributed by atoms with Crippen molar-refractivity contribution >= 4 is 10.8 Å². The fraction of sp³-hybridized carbons (Fsp3) is 0.224. The first kappa shape index (κ1) is 52.1. The molecule has 9 aromatic carbocycles. The number of halogens is 1. The number of benzene rings is 9. The second-order valence-corrected chi connectivity index (χ2v) is 18.0. The smallest absolute Gasteiger partial charge is 0.126 e. The zero-order valence-corrected chi connectivity index (χ0v) is 42.8. The molecule has 0 aliphatic heterocycles. The van der Waals surface area contributed by atoms with Crippen LogP contribution in [0.15, 0.2) is 200 Å². The summed E-state index contributed by atoms with van der Waals surface area (Å²) < 4.78 is 13.3. The molecule has 0 N–H and O–H groups in total. The second kappa shape index (κ2) is 25.3. The predicted molar refractivity (Wildman–Crippen MR) is 297 cm³/mol. The summed E-state index contributed by atoms with van der Waals surface area (Å²) in [7, 11) is 0. The van der Waals surface area contributed by atoms with Gasteiger partial charge in [-0.05, 0) is 144 Å². The molecule has 0 unspecified atom stereocenters. The van der Waals surface area contributed by atoms with Gasteiger partial charge in [-0.25, -0.2) is 4.39 Å². The number of hydrogen-bond acceptors (Lipinski definition) is 0. The average molecular weight is 897 g/mol. The van der Waals surface area contributed by atoms with Gasteiger partial charge >= 0.3 is 0 Å². The Labute approximate surface area is 409 Å². The number of fused-ring (bicyclic) bond motifs is 5. The largest absolute Gasteiger partial charge is 0.207 e. The molecular formula is C67H73F. The van der Waals surface area contributed by atoms with Crippen LogP contribution in [0.5, 0.6) is 0 Å². The van der Waals surface area contributed by atoms with E-state index in [-0.39, 0.29) is 11.2 Å². The lowest BCUT2D eigenvalue weighted by Crippen LogP contribution is -2.15. The van der Waals surface area contributed by atoms with Crippen LogP contribution in [0.1, 0.15) is 97.2 Å². The van der Waals surface area contributed by atoms with E-state index in [2.05, 4.69) is 178 Å². The molecule has 1 heteroatoms. The molecule has 0 nitrogen and oxygen atoms in total. The molecule has 0 radical (unpaired) electrons. The van der Waals surface area contributed by atoms with Gasteiger partial charge in [0.05, 0.1) is 0 Å². The van der Waals surface area contributed by atoms with Gasteiger partial charge in [-0.2, -0.15) is 0 Å². The van der Waals surface area contributed by atoms with Crippen molar-refractivity contribution in [3.8, 4) is 33.4 Å². The van der Waals surface area contributed by atoms with Gasteiger partial charge in [0.25, 0.3) is 0 Å². The summed E-state index contributed by atoms with van der Waals surface area (Å²) in [6.07, 6.45) is 2.20. The zero-order valence-electron chi connectivity index (χ0n) is 42.8. The van der Waals surface area contributed by atoms with Gasteiger partial charge in [0.15, 0.2) is 0 Å². The van der Waals surface area contributed by atoms with Gasteiger partial charge in [0.1, 0.15) is 5.82 Å². The van der Waals surface area contributed by atoms with Crippen LogP contribution in [-0.2, 0) is 18.3 Å². The summed E-state index contributed by atoms with van der Waals surface area (Å²) >= 11 is 0. The molecule has 0 atom stereocenters. The molecule has 9 aromatic rings. The van der Waals surface area contributed by atoms with E-state index in [0.29, 0.717) is 5.56 Å². The van der Waals surface area contributed by atoms with E-state index in [4.69, 9.17) is 0 Å². The standard InChI is InChI=1S/C21H20.C17H20.C13H11F.2C7H8.C2H6/c1-13-9-10-17-18(11-13)21(3,4)19-12-14(2)15-7-5-6-8-16(15)20(17)19;1-4-14-10-11-16(13(3)12-14)17-9-7-6-8-15(17)5-2;1-10-7-8-12(9-13(10)14)11-5-3-2-4-6-11;2*1-7-5-3-2-4-6-7;1-2/h5-12H,1-4H3;6-12H,4-5H2,1-3H3;2-9H,1H3;2*2-6H,1H3;1-2H3. The third-order valence-electron chi connectivity index (χ3n) is 12.6. The van der Waals surface area contributed by atoms with Crippen LogP contribution in [-0.4, -0.2) is 0 Å². The third kappa shape index (κ3) is 13.4. The Balaban J connectivity index is 0.000000166. The Kier molecular flexibility index (Phi) is 19.4. The minimum Gasteiger partial charge on any atom is -0.207 e. The third-order valence-corrected chi connectivity index (χ3v) is 12.6. The Morgan fingerprint density at radius 1 is 0.382 bits per heavy atom. The maximum Gasteiger partial charge on any atom is 0.126 e. The summed E-state index contributed by atoms with van der Waals surface area (Å²) in [5.41, 5.74) is 20.9. The van der Waals surface area contributed by atoms with E-state index >= 15 is 0 Å². The van der Waals surface area contributed by atoms with Gasteiger partial charge in [-0.3, -0.25) is 0 Å². The molecule has 10 rings (SSSR count). The van der Waals surface area contributed by atoms with E-state index in [1.165, 1.54) is 83.1 Å². The van der Waals surface area contributed by atoms with Crippen LogP contribution in [0.25, 0.3) is 44.2 Å². The van der Waals surface area contributed by atoms with Crippen LogP contribution in [0.3, 0.4) is 0 Å². The maximum atomic E-state index is 13.3. The van der Waals surface area contributed by atoms with Crippen LogP contribution < -0.4 is 0 Å². The van der Waals surface area contributed by atoms with Crippen molar-refractivity contribution in [2.75, 3.05) is 0 Å². The van der Waals surface area contributed by atoms with Crippen molar-refractivity contribution in [2.24, 2.45) is 0 Å². The molecule has 0 amide bonds. The topological polar surface area (TPSA) is 0 Å². The Bertz CT molecular complexity index is 2920. The lowest BCUT2D eigenvalue weighted by atomic mass is 9.81. The quantitative estimate of drug-likeness (QED) is 0.165. The van der Waals surface area contributed by atoms with E-state index in [0.717, 1.165) is 24.0 Å². The van der Waals surface area contributed by atoms with Crippen LogP contribution in [0, 0.1) is 47.4 Å². The molecule has 0 saturated heterocycles. The van der Waals surface area contributed by atoms with Crippen LogP contribution >= 0.6 is 0 Å². The summed E-state index contributed by atoms with van der Waals surface area (Å²) in [5, 5.41) is 2.77. The highest BCUT2D eigenvalue weighted by Crippen LogP contribution is 2.52. The molecule has 0 bridgehead atoms. The first-order chi connectivity index (χ1) is 32.8. The molecule has 68 heavy (non-hydrogen) atoms. The first-order valence-electron chi connectivity index (χ1n) is 24.5. The van der Waals surface area contributed by atoms with E-state index in [1.807, 2.05) is 86.6 Å². The maximum absolute atomic E-state index is 13.3. The minimum atomic E-state index is -0.147. The minimum absolute atomic E-state index is 0.0888. The monoisotopic (exact) mass is 897 g/mol. The molecule has 0 saturated carbocycles. The van der Waals surface area contributed by atoms with E-state index < -0.39 is 0 Å². The highest BCUT2D eigenvalue weighted by Gasteiger charge is 2.36. The summed E-state index contributed by atoms with van der Waals surface area (Å²) in [4.78, 5) is 0. The van der Waals surface area contributed by atoms with Gasteiger partial charge in [-0.1, -0.05) is 252 Å². The number of rotatable bonds is 4. The molecule has 1 aliphatic rings. The number of hydrogen-bond donors (Lipinski definition) is 0. The summed E-state index contributed by atoms with van der Waals surface area (Å²) in [6.45, 7) is 25.7. The van der Waals surface area contributed by atoms with Crippen molar-refractivity contribution in [2.45, 2.75) is 101 Å². The Morgan fingerprint density at radius 3 is 1.47 bits per heavy atom. The van der Waals surface area contributed by atoms with E-state index in [9.17, 15) is 4.39 Å². The molecule has 0 spiro atoms. The highest BCUT2D eigenvalue weighted by atomic mass is 19.1. The SMILES string of the molecule is CC.CCc1ccc(-c2ccccc2CC)c(C)c1.Cc1ccc(-c2ccccc2)cc1F.Cc1ccc2c(c1)C(C)(C)c1cc(C)c3ccccc3c1-2.Cc1ccccc1.Cc1ccccc1. The predicted octanol–water partition coefficient (Wildman–Crippen LogP) is 19.4. The molecule has 0 aromatic heterocycles. The second-order valence-electron chi connectivity index (χ2n) is 18.0. The summed E-state index contributed by atoms with van der Waals surface area (Å²) in [6, 6.07) is 69.3. The molecule has 348 valence electrons. The van der Waals surface area contributed by atoms with Crippen molar-refractivity contribution in [1.29, 1.82) is 0 Å². The van der Waals surface area contributed by atoms with Crippen molar-refractivity contribution in [3.63, 3.8) is 0 Å². The molecule has 0 heterocycles. The normalized spacial score (nSPS) is 11.2. The first-order valence-corrected chi connectivity index (χ1v) is 24.5. The lowest BCUT2D eigenvalue weighted by Gasteiger charge is -2.22. The van der Waals surface area contributed by atoms with Crippen molar-refractivity contribution in [3.05, 3.63) is 262 Å². The fourth-order valence-electron chi connectivity index (χ4n) is 8.69.